The van der Waals surface area contributed by atoms with Crippen LogP contribution in [0.4, 0.5) is 5.82 Å². The van der Waals surface area contributed by atoms with Crippen LogP contribution in [0.1, 0.15) is 12.7 Å². The van der Waals surface area contributed by atoms with Crippen LogP contribution in [0.25, 0.3) is 0 Å². The molecule has 5 nitrogen and oxygen atoms in total. The van der Waals surface area contributed by atoms with Crippen molar-refractivity contribution < 1.29 is 0 Å². The highest BCUT2D eigenvalue weighted by Gasteiger charge is 1.96. The fourth-order valence-corrected chi connectivity index (χ4v) is 0.856. The Bertz CT molecular complexity index is 307. The van der Waals surface area contributed by atoms with Gasteiger partial charge in [-0.05, 0) is 6.54 Å². The van der Waals surface area contributed by atoms with Crippen molar-refractivity contribution in [2.45, 2.75) is 13.5 Å². The zero-order valence-electron chi connectivity index (χ0n) is 6.92. The van der Waals surface area contributed by atoms with E-state index in [2.05, 4.69) is 15.3 Å². The molecule has 0 bridgehead atoms. The van der Waals surface area contributed by atoms with Gasteiger partial charge in [-0.15, -0.1) is 0 Å². The van der Waals surface area contributed by atoms with Crippen LogP contribution in [0.5, 0.6) is 0 Å². The third-order valence-electron chi connectivity index (χ3n) is 1.35. The molecular formula is C7H12N4O. The molecule has 4 N–H and O–H groups in total. The van der Waals surface area contributed by atoms with Crippen molar-refractivity contribution in [3.63, 3.8) is 0 Å². The fourth-order valence-electron chi connectivity index (χ4n) is 0.856. The molecule has 1 aromatic rings. The lowest BCUT2D eigenvalue weighted by Gasteiger charge is -2.00. The van der Waals surface area contributed by atoms with Crippen LogP contribution in [-0.4, -0.2) is 16.5 Å². The number of anilines is 1. The Morgan fingerprint density at radius 3 is 3.08 bits per heavy atom. The van der Waals surface area contributed by atoms with Crippen LogP contribution in [0.15, 0.2) is 10.9 Å². The standard InChI is InChI=1S/C7H12N4O/c1-2-9-4-6-10-5(8)3-7(12)11-6/h3,9H,2,4H2,1H3,(H3,8,10,11,12). The van der Waals surface area contributed by atoms with Gasteiger partial charge in [-0.2, -0.15) is 0 Å². The van der Waals surface area contributed by atoms with Gasteiger partial charge in [0.1, 0.15) is 11.6 Å². The number of nitrogens with zero attached hydrogens (tertiary/aromatic N) is 1. The SMILES string of the molecule is CCNCc1nc(N)cc(=O)[nH]1. The van der Waals surface area contributed by atoms with Gasteiger partial charge in [0, 0.05) is 6.07 Å². The van der Waals surface area contributed by atoms with E-state index in [1.165, 1.54) is 6.07 Å². The monoisotopic (exact) mass is 168 g/mol. The quantitative estimate of drug-likeness (QED) is 0.566. The summed E-state index contributed by atoms with van der Waals surface area (Å²) < 4.78 is 0. The second-order valence-corrected chi connectivity index (χ2v) is 2.40. The van der Waals surface area contributed by atoms with E-state index in [9.17, 15) is 4.79 Å². The third-order valence-corrected chi connectivity index (χ3v) is 1.35. The molecule has 0 aliphatic rings. The van der Waals surface area contributed by atoms with Gasteiger partial charge in [-0.1, -0.05) is 6.92 Å². The fraction of sp³-hybridized carbons (Fsp3) is 0.429. The Labute approximate surface area is 70.0 Å². The number of nitrogen functional groups attached to an aromatic ring is 1. The molecule has 1 aromatic heterocycles. The van der Waals surface area contributed by atoms with Gasteiger partial charge in [-0.3, -0.25) is 4.79 Å². The first kappa shape index (κ1) is 8.73. The normalized spacial score (nSPS) is 10.1. The Kier molecular flexibility index (Phi) is 2.82. The summed E-state index contributed by atoms with van der Waals surface area (Å²) in [5.41, 5.74) is 5.16. The minimum Gasteiger partial charge on any atom is -0.383 e. The number of aromatic amines is 1. The Morgan fingerprint density at radius 1 is 1.75 bits per heavy atom. The van der Waals surface area contributed by atoms with E-state index in [1.54, 1.807) is 0 Å². The molecule has 1 rings (SSSR count). The second-order valence-electron chi connectivity index (χ2n) is 2.40. The van der Waals surface area contributed by atoms with E-state index in [-0.39, 0.29) is 11.4 Å². The van der Waals surface area contributed by atoms with Crippen LogP contribution >= 0.6 is 0 Å². The molecule has 66 valence electrons. The maximum Gasteiger partial charge on any atom is 0.253 e. The summed E-state index contributed by atoms with van der Waals surface area (Å²) in [6, 6.07) is 1.26. The van der Waals surface area contributed by atoms with Crippen LogP contribution in [0, 0.1) is 0 Å². The molecule has 0 amide bonds. The molecule has 0 aliphatic carbocycles. The zero-order valence-corrected chi connectivity index (χ0v) is 6.92. The van der Waals surface area contributed by atoms with Gasteiger partial charge < -0.3 is 16.0 Å². The van der Waals surface area contributed by atoms with E-state index in [1.807, 2.05) is 6.92 Å². The van der Waals surface area contributed by atoms with Crippen molar-refractivity contribution in [1.29, 1.82) is 0 Å². The molecule has 0 radical (unpaired) electrons. The first-order valence-corrected chi connectivity index (χ1v) is 3.79. The van der Waals surface area contributed by atoms with Crippen LogP contribution in [0.2, 0.25) is 0 Å². The van der Waals surface area contributed by atoms with Gasteiger partial charge in [-0.25, -0.2) is 4.98 Å². The maximum absolute atomic E-state index is 10.9. The molecule has 0 spiro atoms. The number of nitrogens with two attached hydrogens (primary N) is 1. The minimum absolute atomic E-state index is 0.213. The summed E-state index contributed by atoms with van der Waals surface area (Å²) in [6.45, 7) is 3.35. The van der Waals surface area contributed by atoms with Gasteiger partial charge in [0.25, 0.3) is 5.56 Å². The molecule has 12 heavy (non-hydrogen) atoms. The molecular weight excluding hydrogens is 156 g/mol. The van der Waals surface area contributed by atoms with Crippen molar-refractivity contribution in [3.8, 4) is 0 Å². The maximum atomic E-state index is 10.9. The van der Waals surface area contributed by atoms with E-state index in [0.29, 0.717) is 12.4 Å². The van der Waals surface area contributed by atoms with Crippen LogP contribution in [-0.2, 0) is 6.54 Å². The highest BCUT2D eigenvalue weighted by molar-refractivity contribution is 5.25. The van der Waals surface area contributed by atoms with Crippen LogP contribution < -0.4 is 16.6 Å². The Morgan fingerprint density at radius 2 is 2.50 bits per heavy atom. The summed E-state index contributed by atoms with van der Waals surface area (Å²) >= 11 is 0. The van der Waals surface area contributed by atoms with Gasteiger partial charge in [0.05, 0.1) is 6.54 Å². The average molecular weight is 168 g/mol. The lowest BCUT2D eigenvalue weighted by Crippen LogP contribution is -2.19. The molecule has 1 heterocycles. The lowest BCUT2D eigenvalue weighted by molar-refractivity contribution is 0.688. The van der Waals surface area contributed by atoms with E-state index < -0.39 is 0 Å². The molecule has 0 aromatic carbocycles. The van der Waals surface area contributed by atoms with Crippen molar-refractivity contribution in [2.75, 3.05) is 12.3 Å². The minimum atomic E-state index is -0.213. The van der Waals surface area contributed by atoms with Crippen molar-refractivity contribution in [3.05, 3.63) is 22.2 Å². The van der Waals surface area contributed by atoms with Crippen LogP contribution in [0.3, 0.4) is 0 Å². The van der Waals surface area contributed by atoms with Crippen molar-refractivity contribution in [2.24, 2.45) is 0 Å². The molecule has 0 saturated heterocycles. The number of nitrogens with one attached hydrogen (secondary N) is 2. The van der Waals surface area contributed by atoms with Gasteiger partial charge >= 0.3 is 0 Å². The summed E-state index contributed by atoms with van der Waals surface area (Å²) in [4.78, 5) is 17.4. The molecule has 0 fully saturated rings. The molecule has 0 saturated carbocycles. The highest BCUT2D eigenvalue weighted by Crippen LogP contribution is 1.90. The largest absolute Gasteiger partial charge is 0.383 e. The third kappa shape index (κ3) is 2.35. The first-order valence-electron chi connectivity index (χ1n) is 3.79. The summed E-state index contributed by atoms with van der Waals surface area (Å²) in [5.74, 6) is 0.827. The topological polar surface area (TPSA) is 83.8 Å². The van der Waals surface area contributed by atoms with Gasteiger partial charge in [0.2, 0.25) is 0 Å². The second kappa shape index (κ2) is 3.87. The molecule has 0 unspecified atom stereocenters. The Balaban J connectivity index is 2.79. The van der Waals surface area contributed by atoms with Gasteiger partial charge in [0.15, 0.2) is 0 Å². The summed E-state index contributed by atoms with van der Waals surface area (Å²) in [6.07, 6.45) is 0. The predicted molar refractivity (Wildman–Crippen MR) is 46.7 cm³/mol. The number of hydrogen-bond acceptors (Lipinski definition) is 4. The highest BCUT2D eigenvalue weighted by atomic mass is 16.1. The summed E-state index contributed by atoms with van der Waals surface area (Å²) in [5, 5.41) is 3.03. The van der Waals surface area contributed by atoms with E-state index in [0.717, 1.165) is 6.54 Å². The lowest BCUT2D eigenvalue weighted by atomic mass is 10.5. The predicted octanol–water partition coefficient (Wildman–Crippen LogP) is -0.538. The number of hydrogen-bond donors (Lipinski definition) is 3. The first-order chi connectivity index (χ1) is 5.72. The molecule has 5 heteroatoms. The van der Waals surface area contributed by atoms with Crippen molar-refractivity contribution >= 4 is 5.82 Å². The summed E-state index contributed by atoms with van der Waals surface area (Å²) in [7, 11) is 0. The van der Waals surface area contributed by atoms with E-state index in [4.69, 9.17) is 5.73 Å². The van der Waals surface area contributed by atoms with E-state index >= 15 is 0 Å². The smallest absolute Gasteiger partial charge is 0.253 e. The number of H-pyrrole nitrogens is 1. The molecule has 0 atom stereocenters. The number of aromatic nitrogens is 2. The zero-order chi connectivity index (χ0) is 8.97. The molecule has 0 aliphatic heterocycles. The Hall–Kier alpha value is -1.36. The average Bonchev–Trinajstić information content (AvgIpc) is 1.99. The number of rotatable bonds is 3. The van der Waals surface area contributed by atoms with Crippen molar-refractivity contribution in [1.82, 2.24) is 15.3 Å².